The van der Waals surface area contributed by atoms with E-state index in [1.807, 2.05) is 24.3 Å². The Bertz CT molecular complexity index is 977. The van der Waals surface area contributed by atoms with E-state index in [0.717, 1.165) is 6.42 Å². The normalized spacial score (nSPS) is 16.4. The molecule has 1 heterocycles. The third kappa shape index (κ3) is 4.50. The molecule has 1 saturated heterocycles. The van der Waals surface area contributed by atoms with Crippen LogP contribution in [0, 0.1) is 17.0 Å². The molecule has 1 fully saturated rings. The van der Waals surface area contributed by atoms with Crippen LogP contribution >= 0.6 is 0 Å². The second-order valence-electron chi connectivity index (χ2n) is 8.73. The lowest BCUT2D eigenvalue weighted by molar-refractivity contribution is -0.385. The lowest BCUT2D eigenvalue weighted by Crippen LogP contribution is -2.43. The van der Waals surface area contributed by atoms with E-state index in [1.54, 1.807) is 11.8 Å². The summed E-state index contributed by atoms with van der Waals surface area (Å²) in [6.45, 7) is 8.47. The molecule has 1 atom stereocenters. The van der Waals surface area contributed by atoms with Gasteiger partial charge >= 0.3 is 0 Å². The monoisotopic (exact) mass is 409 g/mol. The maximum atomic E-state index is 13.0. The minimum Gasteiger partial charge on any atom is -0.327 e. The summed E-state index contributed by atoms with van der Waals surface area (Å²) in [5, 5.41) is 13.9. The average Bonchev–Trinajstić information content (AvgIpc) is 3.16. The van der Waals surface area contributed by atoms with Crippen molar-refractivity contribution < 1.29 is 14.5 Å². The van der Waals surface area contributed by atoms with Gasteiger partial charge in [0.05, 0.1) is 4.92 Å². The molecule has 1 aliphatic heterocycles. The van der Waals surface area contributed by atoms with Crippen molar-refractivity contribution in [2.45, 2.75) is 52.0 Å². The van der Waals surface area contributed by atoms with Gasteiger partial charge in [0.1, 0.15) is 6.04 Å². The molecule has 2 amide bonds. The van der Waals surface area contributed by atoms with Crippen LogP contribution in [0.25, 0.3) is 0 Å². The summed E-state index contributed by atoms with van der Waals surface area (Å²) in [6, 6.07) is 11.5. The van der Waals surface area contributed by atoms with Crippen molar-refractivity contribution in [1.29, 1.82) is 0 Å². The Balaban J connectivity index is 1.73. The summed E-state index contributed by atoms with van der Waals surface area (Å²) in [4.78, 5) is 37.9. The minimum atomic E-state index is -0.560. The molecule has 7 nitrogen and oxygen atoms in total. The molecule has 0 radical (unpaired) electrons. The Morgan fingerprint density at radius 1 is 1.13 bits per heavy atom. The molecule has 0 aliphatic carbocycles. The number of nitrogens with one attached hydrogen (secondary N) is 1. The number of carbonyl (C=O) groups excluding carboxylic acids is 2. The van der Waals surface area contributed by atoms with Crippen molar-refractivity contribution in [3.63, 3.8) is 0 Å². The van der Waals surface area contributed by atoms with Crippen LogP contribution in [0.2, 0.25) is 0 Å². The van der Waals surface area contributed by atoms with Crippen LogP contribution in [-0.2, 0) is 10.2 Å². The number of anilines is 1. The van der Waals surface area contributed by atoms with E-state index >= 15 is 0 Å². The highest BCUT2D eigenvalue weighted by atomic mass is 16.6. The first kappa shape index (κ1) is 21.5. The fourth-order valence-electron chi connectivity index (χ4n) is 3.72. The molecular formula is C23H27N3O4. The van der Waals surface area contributed by atoms with Gasteiger partial charge in [0.25, 0.3) is 11.6 Å². The number of hydrogen-bond acceptors (Lipinski definition) is 4. The maximum Gasteiger partial charge on any atom is 0.272 e. The number of carbonyl (C=O) groups is 2. The fraction of sp³-hybridized carbons (Fsp3) is 0.391. The number of rotatable bonds is 4. The van der Waals surface area contributed by atoms with Crippen LogP contribution in [0.5, 0.6) is 0 Å². The summed E-state index contributed by atoms with van der Waals surface area (Å²) in [6.07, 6.45) is 1.32. The van der Waals surface area contributed by atoms with E-state index in [-0.39, 0.29) is 22.9 Å². The van der Waals surface area contributed by atoms with Gasteiger partial charge in [-0.25, -0.2) is 0 Å². The van der Waals surface area contributed by atoms with Gasteiger partial charge in [-0.2, -0.15) is 0 Å². The smallest absolute Gasteiger partial charge is 0.272 e. The van der Waals surface area contributed by atoms with Crippen LogP contribution in [0.1, 0.15) is 55.1 Å². The highest BCUT2D eigenvalue weighted by Gasteiger charge is 2.35. The Morgan fingerprint density at radius 2 is 1.80 bits per heavy atom. The molecule has 0 aromatic heterocycles. The number of nitro benzene ring substituents is 1. The summed E-state index contributed by atoms with van der Waals surface area (Å²) in [7, 11) is 0. The first-order valence-electron chi connectivity index (χ1n) is 10.1. The zero-order valence-corrected chi connectivity index (χ0v) is 17.8. The van der Waals surface area contributed by atoms with Crippen molar-refractivity contribution in [1.82, 2.24) is 4.90 Å². The SMILES string of the molecule is Cc1cc(C(=O)N2CCCC2C(=O)Nc2ccc(C(C)(C)C)cc2)ccc1[N+](=O)[O-]. The molecule has 7 heteroatoms. The largest absolute Gasteiger partial charge is 0.327 e. The van der Waals surface area contributed by atoms with E-state index in [4.69, 9.17) is 0 Å². The second kappa shape index (κ2) is 8.26. The van der Waals surface area contributed by atoms with E-state index in [2.05, 4.69) is 26.1 Å². The summed E-state index contributed by atoms with van der Waals surface area (Å²) in [5.74, 6) is -0.503. The third-order valence-electron chi connectivity index (χ3n) is 5.48. The maximum absolute atomic E-state index is 13.0. The Hall–Kier alpha value is -3.22. The molecule has 3 rings (SSSR count). The molecule has 30 heavy (non-hydrogen) atoms. The van der Waals surface area contributed by atoms with Gasteiger partial charge in [-0.3, -0.25) is 19.7 Å². The second-order valence-corrected chi connectivity index (χ2v) is 8.73. The first-order chi connectivity index (χ1) is 14.1. The van der Waals surface area contributed by atoms with Crippen molar-refractivity contribution in [2.75, 3.05) is 11.9 Å². The van der Waals surface area contributed by atoms with Gasteiger partial charge in [0.2, 0.25) is 5.91 Å². The number of amides is 2. The quantitative estimate of drug-likeness (QED) is 0.597. The molecule has 158 valence electrons. The molecule has 1 N–H and O–H groups in total. The summed E-state index contributed by atoms with van der Waals surface area (Å²) < 4.78 is 0. The molecule has 2 aromatic carbocycles. The highest BCUT2D eigenvalue weighted by Crippen LogP contribution is 2.26. The van der Waals surface area contributed by atoms with E-state index in [1.165, 1.54) is 23.8 Å². The van der Waals surface area contributed by atoms with Crippen molar-refractivity contribution in [2.24, 2.45) is 0 Å². The molecule has 0 saturated carbocycles. The Morgan fingerprint density at radius 3 is 2.37 bits per heavy atom. The van der Waals surface area contributed by atoms with Crippen LogP contribution < -0.4 is 5.32 Å². The topological polar surface area (TPSA) is 92.6 Å². The molecular weight excluding hydrogens is 382 g/mol. The number of hydrogen-bond donors (Lipinski definition) is 1. The Labute approximate surface area is 176 Å². The summed E-state index contributed by atoms with van der Waals surface area (Å²) in [5.41, 5.74) is 2.64. The van der Waals surface area contributed by atoms with Gasteiger partial charge in [0, 0.05) is 29.4 Å². The number of nitrogens with zero attached hydrogens (tertiary/aromatic N) is 2. The predicted octanol–water partition coefficient (Wildman–Crippen LogP) is 4.44. The number of aryl methyl sites for hydroxylation is 1. The fourth-order valence-corrected chi connectivity index (χ4v) is 3.72. The van der Waals surface area contributed by atoms with E-state index < -0.39 is 11.0 Å². The third-order valence-corrected chi connectivity index (χ3v) is 5.48. The van der Waals surface area contributed by atoms with Crippen molar-refractivity contribution >= 4 is 23.2 Å². The lowest BCUT2D eigenvalue weighted by Gasteiger charge is -2.24. The zero-order chi connectivity index (χ0) is 22.1. The van der Waals surface area contributed by atoms with Crippen molar-refractivity contribution in [3.05, 3.63) is 69.3 Å². The predicted molar refractivity (Wildman–Crippen MR) is 116 cm³/mol. The Kier molecular flexibility index (Phi) is 5.92. The summed E-state index contributed by atoms with van der Waals surface area (Å²) >= 11 is 0. The number of likely N-dealkylation sites (tertiary alicyclic amines) is 1. The van der Waals surface area contributed by atoms with Gasteiger partial charge in [-0.1, -0.05) is 32.9 Å². The molecule has 1 unspecified atom stereocenters. The lowest BCUT2D eigenvalue weighted by atomic mass is 9.87. The molecule has 1 aliphatic rings. The molecule has 0 bridgehead atoms. The van der Waals surface area contributed by atoms with E-state index in [9.17, 15) is 19.7 Å². The minimum absolute atomic E-state index is 0.0269. The zero-order valence-electron chi connectivity index (χ0n) is 17.8. The van der Waals surface area contributed by atoms with E-state index in [0.29, 0.717) is 29.8 Å². The molecule has 0 spiro atoms. The van der Waals surface area contributed by atoms with Crippen molar-refractivity contribution in [3.8, 4) is 0 Å². The van der Waals surface area contributed by atoms with Gasteiger partial charge in [0.15, 0.2) is 0 Å². The number of nitro groups is 1. The number of benzene rings is 2. The van der Waals surface area contributed by atoms with Gasteiger partial charge in [-0.15, -0.1) is 0 Å². The molecule has 2 aromatic rings. The highest BCUT2D eigenvalue weighted by molar-refractivity contribution is 6.01. The van der Waals surface area contributed by atoms with Crippen LogP contribution in [0.4, 0.5) is 11.4 Å². The van der Waals surface area contributed by atoms with Crippen LogP contribution in [0.3, 0.4) is 0 Å². The van der Waals surface area contributed by atoms with Crippen LogP contribution in [0.15, 0.2) is 42.5 Å². The van der Waals surface area contributed by atoms with Gasteiger partial charge < -0.3 is 10.2 Å². The van der Waals surface area contributed by atoms with Gasteiger partial charge in [-0.05, 0) is 55.0 Å². The average molecular weight is 409 g/mol. The standard InChI is InChI=1S/C23H27N3O4/c1-15-14-16(7-12-19(15)26(29)30)22(28)25-13-5-6-20(25)21(27)24-18-10-8-17(9-11-18)23(2,3)4/h7-12,14,20H,5-6,13H2,1-4H3,(H,24,27). The first-order valence-corrected chi connectivity index (χ1v) is 10.1. The van der Waals surface area contributed by atoms with Crippen LogP contribution in [-0.4, -0.2) is 34.2 Å².